The van der Waals surface area contributed by atoms with Crippen LogP contribution >= 0.6 is 0 Å². The van der Waals surface area contributed by atoms with Crippen molar-refractivity contribution in [3.63, 3.8) is 0 Å². The molecule has 0 aliphatic carbocycles. The molecule has 2 aromatic rings. The van der Waals surface area contributed by atoms with E-state index in [1.54, 1.807) is 6.92 Å². The van der Waals surface area contributed by atoms with E-state index >= 15 is 0 Å². The van der Waals surface area contributed by atoms with Crippen LogP contribution in [0.15, 0.2) is 41.3 Å². The van der Waals surface area contributed by atoms with Gasteiger partial charge in [-0.3, -0.25) is 0 Å². The van der Waals surface area contributed by atoms with Crippen molar-refractivity contribution >= 4 is 10.0 Å². The number of aryl methyl sites for hydroxylation is 2. The minimum Gasteiger partial charge on any atom is -0.487 e. The van der Waals surface area contributed by atoms with Gasteiger partial charge in [-0.25, -0.2) is 17.5 Å². The average Bonchev–Trinajstić information content (AvgIpc) is 2.49. The van der Waals surface area contributed by atoms with Gasteiger partial charge >= 0.3 is 0 Å². The molecule has 1 N–H and O–H groups in total. The number of ether oxygens (including phenoxy) is 1. The predicted molar refractivity (Wildman–Crippen MR) is 94.7 cm³/mol. The zero-order valence-electron chi connectivity index (χ0n) is 14.8. The monoisotopic (exact) mass is 363 g/mol. The third-order valence-corrected chi connectivity index (χ3v) is 5.83. The second-order valence-electron chi connectivity index (χ2n) is 7.19. The normalized spacial score (nSPS) is 19.2. The summed E-state index contributed by atoms with van der Waals surface area (Å²) in [5.41, 5.74) is 1.66. The molecule has 0 spiro atoms. The Morgan fingerprint density at radius 3 is 2.56 bits per heavy atom. The SMILES string of the molecule is Cc1ccc2c(c1)[C@@H](NS(=O)(=O)c1ccc(F)c(C)c1)CC(C)(C)O2. The number of hydrogen-bond donors (Lipinski definition) is 1. The molecule has 0 saturated carbocycles. The van der Waals surface area contributed by atoms with Crippen molar-refractivity contribution in [2.75, 3.05) is 0 Å². The molecule has 0 unspecified atom stereocenters. The van der Waals surface area contributed by atoms with Gasteiger partial charge in [0.15, 0.2) is 0 Å². The van der Waals surface area contributed by atoms with Gasteiger partial charge in [-0.15, -0.1) is 0 Å². The average molecular weight is 363 g/mol. The van der Waals surface area contributed by atoms with Gasteiger partial charge in [0, 0.05) is 12.0 Å². The summed E-state index contributed by atoms with van der Waals surface area (Å²) in [4.78, 5) is 0.0601. The van der Waals surface area contributed by atoms with E-state index in [4.69, 9.17) is 4.74 Å². The zero-order valence-corrected chi connectivity index (χ0v) is 15.6. The van der Waals surface area contributed by atoms with Crippen LogP contribution in [0.1, 0.15) is 43.0 Å². The summed E-state index contributed by atoms with van der Waals surface area (Å²) in [6, 6.07) is 9.15. The van der Waals surface area contributed by atoms with Gasteiger partial charge in [0.05, 0.1) is 10.9 Å². The summed E-state index contributed by atoms with van der Waals surface area (Å²) >= 11 is 0. The number of rotatable bonds is 3. The molecule has 0 saturated heterocycles. The fraction of sp³-hybridized carbons (Fsp3) is 0.368. The molecule has 0 radical (unpaired) electrons. The Morgan fingerprint density at radius 1 is 1.16 bits per heavy atom. The lowest BCUT2D eigenvalue weighted by Gasteiger charge is -2.38. The Bertz CT molecular complexity index is 922. The Kier molecular flexibility index (Phi) is 4.37. The Morgan fingerprint density at radius 2 is 1.88 bits per heavy atom. The number of sulfonamides is 1. The van der Waals surface area contributed by atoms with Crippen molar-refractivity contribution in [1.29, 1.82) is 0 Å². The molecule has 0 fully saturated rings. The molecular weight excluding hydrogens is 341 g/mol. The number of nitrogens with one attached hydrogen (secondary N) is 1. The molecule has 4 nitrogen and oxygen atoms in total. The molecule has 134 valence electrons. The van der Waals surface area contributed by atoms with E-state index in [0.29, 0.717) is 17.7 Å². The quantitative estimate of drug-likeness (QED) is 0.896. The molecule has 0 aromatic heterocycles. The predicted octanol–water partition coefficient (Wildman–Crippen LogP) is 4.02. The minimum absolute atomic E-state index is 0.0601. The smallest absolute Gasteiger partial charge is 0.241 e. The fourth-order valence-electron chi connectivity index (χ4n) is 3.12. The molecule has 0 amide bonds. The summed E-state index contributed by atoms with van der Waals surface area (Å²) in [5, 5.41) is 0. The molecule has 2 aromatic carbocycles. The van der Waals surface area contributed by atoms with Crippen LogP contribution in [0.5, 0.6) is 5.75 Å². The van der Waals surface area contributed by atoms with Gasteiger partial charge < -0.3 is 4.74 Å². The highest BCUT2D eigenvalue weighted by Gasteiger charge is 2.36. The molecule has 6 heteroatoms. The lowest BCUT2D eigenvalue weighted by molar-refractivity contribution is 0.0701. The summed E-state index contributed by atoms with van der Waals surface area (Å²) in [6.07, 6.45) is 0.503. The summed E-state index contributed by atoms with van der Waals surface area (Å²) < 4.78 is 47.8. The van der Waals surface area contributed by atoms with Crippen LogP contribution < -0.4 is 9.46 Å². The van der Waals surface area contributed by atoms with E-state index in [-0.39, 0.29) is 4.90 Å². The molecule has 25 heavy (non-hydrogen) atoms. The van der Waals surface area contributed by atoms with Gasteiger partial charge in [0.2, 0.25) is 10.0 Å². The van der Waals surface area contributed by atoms with Crippen LogP contribution in [0.3, 0.4) is 0 Å². The van der Waals surface area contributed by atoms with Crippen LogP contribution in [-0.4, -0.2) is 14.0 Å². The molecule has 1 atom stereocenters. The first-order chi connectivity index (χ1) is 11.6. The van der Waals surface area contributed by atoms with Gasteiger partial charge in [-0.2, -0.15) is 0 Å². The molecule has 1 aliphatic rings. The van der Waals surface area contributed by atoms with Crippen molar-refractivity contribution in [3.8, 4) is 5.75 Å². The van der Waals surface area contributed by atoms with Crippen molar-refractivity contribution in [3.05, 3.63) is 58.9 Å². The van der Waals surface area contributed by atoms with Crippen molar-refractivity contribution < 1.29 is 17.5 Å². The summed E-state index contributed by atoms with van der Waals surface area (Å²) in [7, 11) is -3.78. The van der Waals surface area contributed by atoms with Crippen molar-refractivity contribution in [2.45, 2.75) is 50.7 Å². The Balaban J connectivity index is 1.99. The Hall–Kier alpha value is -1.92. The zero-order chi connectivity index (χ0) is 18.4. The van der Waals surface area contributed by atoms with E-state index in [9.17, 15) is 12.8 Å². The lowest BCUT2D eigenvalue weighted by atomic mass is 9.89. The van der Waals surface area contributed by atoms with Gasteiger partial charge in [-0.1, -0.05) is 17.7 Å². The number of benzene rings is 2. The third kappa shape index (κ3) is 3.70. The van der Waals surface area contributed by atoms with Crippen molar-refractivity contribution in [2.24, 2.45) is 0 Å². The number of fused-ring (bicyclic) bond motifs is 1. The fourth-order valence-corrected chi connectivity index (χ4v) is 4.42. The lowest BCUT2D eigenvalue weighted by Crippen LogP contribution is -2.41. The van der Waals surface area contributed by atoms with E-state index in [0.717, 1.165) is 11.1 Å². The van der Waals surface area contributed by atoms with Crippen LogP contribution in [0, 0.1) is 19.7 Å². The number of hydrogen-bond acceptors (Lipinski definition) is 3. The molecule has 0 bridgehead atoms. The summed E-state index contributed by atoms with van der Waals surface area (Å²) in [5.74, 6) is 0.261. The Labute approximate surface area is 148 Å². The van der Waals surface area contributed by atoms with Crippen LogP contribution in [0.2, 0.25) is 0 Å². The topological polar surface area (TPSA) is 55.4 Å². The van der Waals surface area contributed by atoms with E-state index in [1.807, 2.05) is 39.0 Å². The molecule has 1 aliphatic heterocycles. The molecular formula is C19H22FNO3S. The van der Waals surface area contributed by atoms with Crippen LogP contribution in [-0.2, 0) is 10.0 Å². The highest BCUT2D eigenvalue weighted by Crippen LogP contribution is 2.40. The van der Waals surface area contributed by atoms with E-state index in [1.165, 1.54) is 18.2 Å². The maximum absolute atomic E-state index is 13.5. The first-order valence-electron chi connectivity index (χ1n) is 8.15. The first-order valence-corrected chi connectivity index (χ1v) is 9.64. The van der Waals surface area contributed by atoms with Crippen LogP contribution in [0.4, 0.5) is 4.39 Å². The largest absolute Gasteiger partial charge is 0.487 e. The second-order valence-corrected chi connectivity index (χ2v) is 8.91. The van der Waals surface area contributed by atoms with Crippen molar-refractivity contribution in [1.82, 2.24) is 4.72 Å². The van der Waals surface area contributed by atoms with Gasteiger partial charge in [-0.05, 0) is 57.5 Å². The molecule has 3 rings (SSSR count). The first kappa shape index (κ1) is 17.9. The third-order valence-electron chi connectivity index (χ3n) is 4.36. The maximum Gasteiger partial charge on any atom is 0.241 e. The summed E-state index contributed by atoms with van der Waals surface area (Å²) in [6.45, 7) is 7.36. The molecule has 1 heterocycles. The van der Waals surface area contributed by atoms with Gasteiger partial charge in [0.1, 0.15) is 17.2 Å². The highest BCUT2D eigenvalue weighted by molar-refractivity contribution is 7.89. The van der Waals surface area contributed by atoms with Gasteiger partial charge in [0.25, 0.3) is 0 Å². The minimum atomic E-state index is -3.78. The number of halogens is 1. The van der Waals surface area contributed by atoms with Crippen LogP contribution in [0.25, 0.3) is 0 Å². The highest BCUT2D eigenvalue weighted by atomic mass is 32.2. The second kappa shape index (κ2) is 6.11. The standard InChI is InChI=1S/C19H22FNO3S/c1-12-5-8-18-15(9-12)17(11-19(3,4)24-18)21-25(22,23)14-6-7-16(20)13(2)10-14/h5-10,17,21H,11H2,1-4H3/t17-/m0/s1. The maximum atomic E-state index is 13.5. The van der Waals surface area contributed by atoms with E-state index in [2.05, 4.69) is 4.72 Å². The van der Waals surface area contributed by atoms with E-state index < -0.39 is 27.5 Å².